The summed E-state index contributed by atoms with van der Waals surface area (Å²) < 4.78 is 2.08. The number of nitrogens with one attached hydrogen (secondary N) is 1. The summed E-state index contributed by atoms with van der Waals surface area (Å²) in [5.74, 6) is 1.21. The van der Waals surface area contributed by atoms with Gasteiger partial charge in [0.2, 0.25) is 5.78 Å². The number of nitrogens with zero attached hydrogens (tertiary/aromatic N) is 3. The Bertz CT molecular complexity index is 577. The number of aryl methyl sites for hydroxylation is 2. The van der Waals surface area contributed by atoms with Gasteiger partial charge in [-0.3, -0.25) is 4.40 Å². The molecule has 0 aliphatic heterocycles. The van der Waals surface area contributed by atoms with Crippen LogP contribution in [0.3, 0.4) is 0 Å². The highest BCUT2D eigenvalue weighted by molar-refractivity contribution is 5.35. The van der Waals surface area contributed by atoms with Crippen LogP contribution < -0.4 is 5.32 Å². The molecule has 5 heteroatoms. The highest BCUT2D eigenvalue weighted by Crippen LogP contribution is 2.10. The van der Waals surface area contributed by atoms with E-state index in [4.69, 9.17) is 0 Å². The first-order valence-electron chi connectivity index (χ1n) is 7.16. The lowest BCUT2D eigenvalue weighted by Gasteiger charge is -2.14. The second-order valence-corrected chi connectivity index (χ2v) is 5.74. The van der Waals surface area contributed by atoms with Gasteiger partial charge >= 0.3 is 0 Å². The number of hydrogen-bond donors (Lipinski definition) is 2. The molecule has 2 heterocycles. The second-order valence-electron chi connectivity index (χ2n) is 5.74. The van der Waals surface area contributed by atoms with Crippen LogP contribution in [-0.2, 0) is 6.54 Å². The normalized spacial score (nSPS) is 14.7. The molecule has 20 heavy (non-hydrogen) atoms. The molecule has 0 fully saturated rings. The fourth-order valence-corrected chi connectivity index (χ4v) is 2.63. The fraction of sp³-hybridized carbons (Fsp3) is 0.600. The van der Waals surface area contributed by atoms with Crippen molar-refractivity contribution in [1.29, 1.82) is 0 Å². The summed E-state index contributed by atoms with van der Waals surface area (Å²) in [7, 11) is 0. The molecule has 2 aromatic heterocycles. The Labute approximate surface area is 120 Å². The van der Waals surface area contributed by atoms with Gasteiger partial charge in [-0.2, -0.15) is 0 Å². The van der Waals surface area contributed by atoms with E-state index in [0.29, 0.717) is 5.92 Å². The van der Waals surface area contributed by atoms with E-state index in [2.05, 4.69) is 39.6 Å². The average molecular weight is 276 g/mol. The van der Waals surface area contributed by atoms with E-state index in [1.54, 1.807) is 0 Å². The summed E-state index contributed by atoms with van der Waals surface area (Å²) in [4.78, 5) is 8.79. The Kier molecular flexibility index (Phi) is 4.73. The molecule has 0 aliphatic carbocycles. The molecule has 2 unspecified atom stereocenters. The lowest BCUT2D eigenvalue weighted by Crippen LogP contribution is -2.23. The van der Waals surface area contributed by atoms with E-state index >= 15 is 0 Å². The first-order chi connectivity index (χ1) is 9.47. The van der Waals surface area contributed by atoms with Crippen LogP contribution in [0.25, 0.3) is 5.78 Å². The van der Waals surface area contributed by atoms with Gasteiger partial charge in [-0.25, -0.2) is 9.97 Å². The summed E-state index contributed by atoms with van der Waals surface area (Å²) in [6.45, 7) is 9.68. The molecule has 0 aliphatic rings. The van der Waals surface area contributed by atoms with Gasteiger partial charge in [-0.05, 0) is 45.7 Å². The molecule has 2 aromatic rings. The summed E-state index contributed by atoms with van der Waals surface area (Å²) in [6.07, 6.45) is 2.46. The molecule has 0 saturated heterocycles. The molecular formula is C15H24N4O. The molecule has 0 aromatic carbocycles. The van der Waals surface area contributed by atoms with Crippen molar-refractivity contribution in [3.05, 3.63) is 29.3 Å². The predicted octanol–water partition coefficient (Wildman–Crippen LogP) is 1.84. The Hall–Kier alpha value is -1.46. The van der Waals surface area contributed by atoms with Crippen molar-refractivity contribution < 1.29 is 5.11 Å². The molecule has 0 saturated carbocycles. The standard InChI is InChI=1S/C15H24N4O/c1-10(5-13(4)20)7-16-8-14-9-17-15-18-11(2)6-12(3)19(14)15/h6,9-10,13,16,20H,5,7-8H2,1-4H3. The third-order valence-corrected chi connectivity index (χ3v) is 3.41. The Morgan fingerprint density at radius 1 is 1.35 bits per heavy atom. The van der Waals surface area contributed by atoms with Gasteiger partial charge in [-0.1, -0.05) is 6.92 Å². The molecule has 5 nitrogen and oxygen atoms in total. The van der Waals surface area contributed by atoms with E-state index in [0.717, 1.165) is 42.4 Å². The van der Waals surface area contributed by atoms with E-state index in [9.17, 15) is 5.11 Å². The summed E-state index contributed by atoms with van der Waals surface area (Å²) in [6, 6.07) is 2.06. The maximum atomic E-state index is 9.36. The zero-order valence-electron chi connectivity index (χ0n) is 12.7. The van der Waals surface area contributed by atoms with Crippen molar-refractivity contribution >= 4 is 5.78 Å². The first-order valence-corrected chi connectivity index (χ1v) is 7.16. The van der Waals surface area contributed by atoms with Crippen molar-refractivity contribution in [2.75, 3.05) is 6.54 Å². The Balaban J connectivity index is 2.00. The topological polar surface area (TPSA) is 62.5 Å². The number of fused-ring (bicyclic) bond motifs is 1. The lowest BCUT2D eigenvalue weighted by atomic mass is 10.0. The van der Waals surface area contributed by atoms with Crippen molar-refractivity contribution in [3.63, 3.8) is 0 Å². The minimum Gasteiger partial charge on any atom is -0.393 e. The quantitative estimate of drug-likeness (QED) is 0.845. The van der Waals surface area contributed by atoms with Gasteiger partial charge < -0.3 is 10.4 Å². The number of aromatic nitrogens is 3. The monoisotopic (exact) mass is 276 g/mol. The number of aliphatic hydroxyl groups excluding tert-OH is 1. The maximum absolute atomic E-state index is 9.36. The van der Waals surface area contributed by atoms with Crippen LogP contribution in [0, 0.1) is 19.8 Å². The highest BCUT2D eigenvalue weighted by atomic mass is 16.3. The van der Waals surface area contributed by atoms with Gasteiger partial charge in [0, 0.05) is 17.9 Å². The highest BCUT2D eigenvalue weighted by Gasteiger charge is 2.09. The van der Waals surface area contributed by atoms with Crippen LogP contribution in [0.4, 0.5) is 0 Å². The van der Waals surface area contributed by atoms with E-state index in [1.165, 1.54) is 0 Å². The molecule has 0 bridgehead atoms. The number of imidazole rings is 1. The van der Waals surface area contributed by atoms with Crippen LogP contribution in [0.1, 0.15) is 37.4 Å². The summed E-state index contributed by atoms with van der Waals surface area (Å²) in [5, 5.41) is 12.8. The smallest absolute Gasteiger partial charge is 0.234 e. The molecule has 110 valence electrons. The minimum atomic E-state index is -0.239. The molecule has 0 amide bonds. The molecular weight excluding hydrogens is 252 g/mol. The molecule has 2 N–H and O–H groups in total. The Morgan fingerprint density at radius 2 is 2.10 bits per heavy atom. The van der Waals surface area contributed by atoms with Gasteiger partial charge in [0.05, 0.1) is 18.0 Å². The number of rotatable bonds is 6. The predicted molar refractivity (Wildman–Crippen MR) is 79.6 cm³/mol. The summed E-state index contributed by atoms with van der Waals surface area (Å²) in [5.41, 5.74) is 3.26. The van der Waals surface area contributed by atoms with Crippen molar-refractivity contribution in [2.45, 2.75) is 46.8 Å². The lowest BCUT2D eigenvalue weighted by molar-refractivity contribution is 0.163. The zero-order chi connectivity index (χ0) is 14.7. The van der Waals surface area contributed by atoms with Crippen molar-refractivity contribution in [1.82, 2.24) is 19.7 Å². The SMILES string of the molecule is Cc1cc(C)n2c(CNCC(C)CC(C)O)cnc2n1. The molecule has 0 spiro atoms. The van der Waals surface area contributed by atoms with Crippen LogP contribution >= 0.6 is 0 Å². The van der Waals surface area contributed by atoms with Crippen molar-refractivity contribution in [2.24, 2.45) is 5.92 Å². The van der Waals surface area contributed by atoms with Gasteiger partial charge in [0.1, 0.15) is 0 Å². The number of hydrogen-bond acceptors (Lipinski definition) is 4. The fourth-order valence-electron chi connectivity index (χ4n) is 2.63. The Morgan fingerprint density at radius 3 is 2.80 bits per heavy atom. The average Bonchev–Trinajstić information content (AvgIpc) is 2.71. The zero-order valence-corrected chi connectivity index (χ0v) is 12.7. The van der Waals surface area contributed by atoms with Crippen LogP contribution in [0.15, 0.2) is 12.3 Å². The largest absolute Gasteiger partial charge is 0.393 e. The van der Waals surface area contributed by atoms with E-state index < -0.39 is 0 Å². The molecule has 2 atom stereocenters. The third-order valence-electron chi connectivity index (χ3n) is 3.41. The van der Waals surface area contributed by atoms with E-state index in [-0.39, 0.29) is 6.10 Å². The second kappa shape index (κ2) is 6.33. The van der Waals surface area contributed by atoms with Gasteiger partial charge in [0.25, 0.3) is 0 Å². The van der Waals surface area contributed by atoms with E-state index in [1.807, 2.05) is 20.0 Å². The van der Waals surface area contributed by atoms with Crippen LogP contribution in [0.2, 0.25) is 0 Å². The summed E-state index contributed by atoms with van der Waals surface area (Å²) >= 11 is 0. The third kappa shape index (κ3) is 3.55. The molecule has 0 radical (unpaired) electrons. The van der Waals surface area contributed by atoms with Crippen LogP contribution in [-0.4, -0.2) is 32.1 Å². The van der Waals surface area contributed by atoms with Gasteiger partial charge in [0.15, 0.2) is 0 Å². The first kappa shape index (κ1) is 14.9. The molecule has 2 rings (SSSR count). The van der Waals surface area contributed by atoms with Gasteiger partial charge in [-0.15, -0.1) is 0 Å². The maximum Gasteiger partial charge on any atom is 0.234 e. The number of aliphatic hydroxyl groups is 1. The minimum absolute atomic E-state index is 0.239. The van der Waals surface area contributed by atoms with Crippen molar-refractivity contribution in [3.8, 4) is 0 Å². The van der Waals surface area contributed by atoms with Crippen LogP contribution in [0.5, 0.6) is 0 Å².